The van der Waals surface area contributed by atoms with E-state index in [4.69, 9.17) is 4.74 Å². The van der Waals surface area contributed by atoms with E-state index in [0.29, 0.717) is 19.6 Å². The minimum Gasteiger partial charge on any atom is -0.383 e. The Morgan fingerprint density at radius 3 is 2.92 bits per heavy atom. The van der Waals surface area contributed by atoms with Gasteiger partial charge in [-0.3, -0.25) is 14.5 Å². The lowest BCUT2D eigenvalue weighted by Crippen LogP contribution is -2.37. The number of para-hydroxylation sites is 1. The number of H-pyrrole nitrogens is 1. The predicted molar refractivity (Wildman–Crippen MR) is 95.5 cm³/mol. The van der Waals surface area contributed by atoms with Crippen LogP contribution in [0.1, 0.15) is 12.0 Å². The van der Waals surface area contributed by atoms with Crippen molar-refractivity contribution in [1.29, 1.82) is 0 Å². The minimum atomic E-state index is -0.812. The number of benzene rings is 1. The van der Waals surface area contributed by atoms with Gasteiger partial charge in [0.2, 0.25) is 5.91 Å². The number of aromatic nitrogens is 1. The summed E-state index contributed by atoms with van der Waals surface area (Å²) >= 11 is 0. The van der Waals surface area contributed by atoms with Crippen LogP contribution in [-0.4, -0.2) is 60.6 Å². The Morgan fingerprint density at radius 2 is 2.12 bits per heavy atom. The van der Waals surface area contributed by atoms with Gasteiger partial charge in [-0.15, -0.1) is 0 Å². The lowest BCUT2D eigenvalue weighted by Gasteiger charge is -2.12. The lowest BCUT2D eigenvalue weighted by molar-refractivity contribution is -0.130. The zero-order valence-corrected chi connectivity index (χ0v) is 14.6. The van der Waals surface area contributed by atoms with E-state index in [1.165, 1.54) is 4.90 Å². The number of hydrogen-bond donors (Lipinski definition) is 3. The quantitative estimate of drug-likeness (QED) is 0.479. The van der Waals surface area contributed by atoms with E-state index in [0.717, 1.165) is 16.5 Å². The molecular weight excluding hydrogens is 336 g/mol. The molecule has 0 unspecified atom stereocenters. The molecule has 1 aromatic heterocycles. The number of amides is 4. The van der Waals surface area contributed by atoms with Gasteiger partial charge < -0.3 is 20.4 Å². The molecule has 3 N–H and O–H groups in total. The van der Waals surface area contributed by atoms with Crippen LogP contribution < -0.4 is 10.6 Å². The molecule has 1 saturated heterocycles. The number of aromatic amines is 1. The fraction of sp³-hybridized carbons (Fsp3) is 0.389. The Labute approximate surface area is 150 Å². The van der Waals surface area contributed by atoms with Crippen LogP contribution in [0, 0.1) is 0 Å². The monoisotopic (exact) mass is 358 g/mol. The molecule has 2 heterocycles. The number of hydrogen-bond acceptors (Lipinski definition) is 4. The summed E-state index contributed by atoms with van der Waals surface area (Å²) in [4.78, 5) is 40.7. The third-order valence-corrected chi connectivity index (χ3v) is 4.40. The van der Waals surface area contributed by atoms with Crippen LogP contribution in [0.15, 0.2) is 30.5 Å². The van der Waals surface area contributed by atoms with Crippen LogP contribution in [0.4, 0.5) is 4.79 Å². The number of imide groups is 1. The zero-order valence-electron chi connectivity index (χ0n) is 14.6. The van der Waals surface area contributed by atoms with Gasteiger partial charge in [0.25, 0.3) is 5.91 Å². The molecule has 0 saturated carbocycles. The molecule has 8 heteroatoms. The summed E-state index contributed by atoms with van der Waals surface area (Å²) in [5.74, 6) is -0.657. The van der Waals surface area contributed by atoms with Crippen molar-refractivity contribution in [3.63, 3.8) is 0 Å². The molecule has 1 fully saturated rings. The topological polar surface area (TPSA) is 104 Å². The van der Waals surface area contributed by atoms with Gasteiger partial charge in [0.1, 0.15) is 6.04 Å². The molecule has 0 radical (unpaired) electrons. The Balaban J connectivity index is 1.56. The number of carbonyl (C=O) groups excluding carboxylic acids is 3. The van der Waals surface area contributed by atoms with Crippen molar-refractivity contribution < 1.29 is 19.1 Å². The smallest absolute Gasteiger partial charge is 0.324 e. The average Bonchev–Trinajstić information content (AvgIpc) is 3.15. The molecule has 4 amide bonds. The first-order chi connectivity index (χ1) is 12.6. The Morgan fingerprint density at radius 1 is 1.31 bits per heavy atom. The lowest BCUT2D eigenvalue weighted by atomic mass is 10.1. The van der Waals surface area contributed by atoms with E-state index < -0.39 is 12.1 Å². The first-order valence-corrected chi connectivity index (χ1v) is 8.52. The number of fused-ring (bicyclic) bond motifs is 1. The molecule has 26 heavy (non-hydrogen) atoms. The fourth-order valence-corrected chi connectivity index (χ4v) is 3.05. The molecule has 1 aliphatic heterocycles. The number of nitrogens with one attached hydrogen (secondary N) is 3. The van der Waals surface area contributed by atoms with Gasteiger partial charge in [-0.05, 0) is 18.1 Å². The Bertz CT molecular complexity index is 816. The van der Waals surface area contributed by atoms with E-state index in [2.05, 4.69) is 15.6 Å². The number of methoxy groups -OCH3 is 1. The van der Waals surface area contributed by atoms with E-state index >= 15 is 0 Å². The Kier molecular flexibility index (Phi) is 5.52. The molecular formula is C18H22N4O4. The van der Waals surface area contributed by atoms with E-state index in [1.807, 2.05) is 30.5 Å². The van der Waals surface area contributed by atoms with Crippen molar-refractivity contribution in [1.82, 2.24) is 20.5 Å². The van der Waals surface area contributed by atoms with Gasteiger partial charge in [0, 0.05) is 37.3 Å². The van der Waals surface area contributed by atoms with Crippen LogP contribution in [0.3, 0.4) is 0 Å². The average molecular weight is 358 g/mol. The molecule has 3 rings (SSSR count). The van der Waals surface area contributed by atoms with E-state index in [9.17, 15) is 14.4 Å². The molecule has 1 aliphatic rings. The maximum atomic E-state index is 12.4. The Hall–Kier alpha value is -2.87. The van der Waals surface area contributed by atoms with Crippen LogP contribution in [0.5, 0.6) is 0 Å². The van der Waals surface area contributed by atoms with Crippen LogP contribution in [0.25, 0.3) is 10.9 Å². The summed E-state index contributed by atoms with van der Waals surface area (Å²) in [5.41, 5.74) is 2.06. The van der Waals surface area contributed by atoms with Crippen molar-refractivity contribution in [2.24, 2.45) is 0 Å². The van der Waals surface area contributed by atoms with Gasteiger partial charge in [-0.25, -0.2) is 4.79 Å². The van der Waals surface area contributed by atoms with Crippen molar-refractivity contribution in [3.8, 4) is 0 Å². The van der Waals surface area contributed by atoms with Gasteiger partial charge >= 0.3 is 6.03 Å². The van der Waals surface area contributed by atoms with Crippen molar-refractivity contribution in [2.75, 3.05) is 26.8 Å². The largest absolute Gasteiger partial charge is 0.383 e. The third kappa shape index (κ3) is 3.85. The van der Waals surface area contributed by atoms with Gasteiger partial charge in [-0.2, -0.15) is 0 Å². The zero-order chi connectivity index (χ0) is 18.5. The summed E-state index contributed by atoms with van der Waals surface area (Å²) in [7, 11) is 1.54. The van der Waals surface area contributed by atoms with Crippen molar-refractivity contribution in [3.05, 3.63) is 36.0 Å². The fourth-order valence-electron chi connectivity index (χ4n) is 3.05. The normalized spacial score (nSPS) is 17.0. The van der Waals surface area contributed by atoms with Crippen molar-refractivity contribution >= 4 is 28.7 Å². The summed E-state index contributed by atoms with van der Waals surface area (Å²) in [6.45, 7) is 1.04. The second kappa shape index (κ2) is 8.01. The van der Waals surface area contributed by atoms with E-state index in [1.54, 1.807) is 7.11 Å². The molecule has 0 spiro atoms. The second-order valence-corrected chi connectivity index (χ2v) is 6.15. The highest BCUT2D eigenvalue weighted by atomic mass is 16.5. The van der Waals surface area contributed by atoms with Gasteiger partial charge in [-0.1, -0.05) is 18.2 Å². The SMILES string of the molecule is COCCNC(=O)C[C@H]1NC(=O)N(CCc2c[nH]c3ccccc23)C1=O. The standard InChI is InChI=1S/C18H22N4O4/c1-26-9-7-19-16(23)10-15-17(24)22(18(25)21-15)8-6-12-11-20-14-5-3-2-4-13(12)14/h2-5,11,15,20H,6-10H2,1H3,(H,19,23)(H,21,25)/t15-/m1/s1. The summed E-state index contributed by atoms with van der Waals surface area (Å²) in [5, 5.41) is 6.30. The maximum Gasteiger partial charge on any atom is 0.324 e. The molecule has 1 atom stereocenters. The highest BCUT2D eigenvalue weighted by molar-refractivity contribution is 6.05. The molecule has 138 valence electrons. The van der Waals surface area contributed by atoms with Crippen LogP contribution in [-0.2, 0) is 20.7 Å². The highest BCUT2D eigenvalue weighted by Crippen LogP contribution is 2.19. The number of ether oxygens (including phenoxy) is 1. The van der Waals surface area contributed by atoms with E-state index in [-0.39, 0.29) is 24.8 Å². The molecule has 2 aromatic rings. The molecule has 8 nitrogen and oxygen atoms in total. The molecule has 1 aromatic carbocycles. The van der Waals surface area contributed by atoms with Crippen LogP contribution >= 0.6 is 0 Å². The number of carbonyl (C=O) groups is 3. The number of urea groups is 1. The summed E-state index contributed by atoms with van der Waals surface area (Å²) in [6, 6.07) is 6.61. The number of nitrogens with zero attached hydrogens (tertiary/aromatic N) is 1. The number of rotatable bonds is 8. The second-order valence-electron chi connectivity index (χ2n) is 6.15. The molecule has 0 bridgehead atoms. The summed E-state index contributed by atoms with van der Waals surface area (Å²) < 4.78 is 4.85. The van der Waals surface area contributed by atoms with Crippen molar-refractivity contribution in [2.45, 2.75) is 18.9 Å². The highest BCUT2D eigenvalue weighted by Gasteiger charge is 2.38. The van der Waals surface area contributed by atoms with Gasteiger partial charge in [0.15, 0.2) is 0 Å². The predicted octanol–water partition coefficient (Wildman–Crippen LogP) is 0.784. The third-order valence-electron chi connectivity index (χ3n) is 4.40. The first-order valence-electron chi connectivity index (χ1n) is 8.52. The van der Waals surface area contributed by atoms with Gasteiger partial charge in [0.05, 0.1) is 13.0 Å². The molecule has 0 aliphatic carbocycles. The summed E-state index contributed by atoms with van der Waals surface area (Å²) in [6.07, 6.45) is 2.37. The minimum absolute atomic E-state index is 0.0716. The van der Waals surface area contributed by atoms with Crippen LogP contribution in [0.2, 0.25) is 0 Å². The maximum absolute atomic E-state index is 12.4. The first kappa shape index (κ1) is 17.9.